The van der Waals surface area contributed by atoms with Crippen molar-refractivity contribution < 1.29 is 18.0 Å². The van der Waals surface area contributed by atoms with Gasteiger partial charge >= 0.3 is 6.18 Å². The van der Waals surface area contributed by atoms with Crippen LogP contribution in [0.3, 0.4) is 0 Å². The number of thiazole rings is 1. The number of rotatable bonds is 4. The lowest BCUT2D eigenvalue weighted by Gasteiger charge is -2.21. The molecule has 26 heavy (non-hydrogen) atoms. The van der Waals surface area contributed by atoms with E-state index in [-0.39, 0.29) is 11.1 Å². The molecule has 3 aromatic rings. The van der Waals surface area contributed by atoms with Gasteiger partial charge in [-0.25, -0.2) is 4.98 Å². The van der Waals surface area contributed by atoms with Gasteiger partial charge in [0.2, 0.25) is 0 Å². The molecular formula is C17H17F3N4OS. The average Bonchev–Trinajstić information content (AvgIpc) is 3.25. The van der Waals surface area contributed by atoms with Gasteiger partial charge in [0.15, 0.2) is 11.2 Å². The van der Waals surface area contributed by atoms with E-state index in [1.807, 2.05) is 0 Å². The minimum absolute atomic E-state index is 0.0120. The van der Waals surface area contributed by atoms with Crippen molar-refractivity contribution in [1.29, 1.82) is 0 Å². The summed E-state index contributed by atoms with van der Waals surface area (Å²) in [4.78, 5) is 16.8. The van der Waals surface area contributed by atoms with Crippen LogP contribution < -0.4 is 5.32 Å². The maximum Gasteiger partial charge on any atom is 0.412 e. The lowest BCUT2D eigenvalue weighted by Crippen LogP contribution is -2.38. The zero-order valence-electron chi connectivity index (χ0n) is 14.3. The van der Waals surface area contributed by atoms with E-state index in [9.17, 15) is 18.0 Å². The van der Waals surface area contributed by atoms with E-state index in [2.05, 4.69) is 10.3 Å². The topological polar surface area (TPSA) is 51.9 Å². The Morgan fingerprint density at radius 2 is 2.08 bits per heavy atom. The number of aryl methyl sites for hydroxylation is 2. The van der Waals surface area contributed by atoms with Gasteiger partial charge < -0.3 is 9.88 Å². The summed E-state index contributed by atoms with van der Waals surface area (Å²) in [7, 11) is 1.63. The molecule has 3 heterocycles. The number of carbonyl (C=O) groups is 1. The number of carbonyl (C=O) groups excluding carboxylic acids is 1. The van der Waals surface area contributed by atoms with Crippen LogP contribution in [0.2, 0.25) is 0 Å². The first kappa shape index (κ1) is 18.2. The largest absolute Gasteiger partial charge is 0.412 e. The number of amides is 1. The lowest BCUT2D eigenvalue weighted by atomic mass is 10.1. The highest BCUT2D eigenvalue weighted by molar-refractivity contribution is 7.12. The molecule has 138 valence electrons. The molecule has 3 aromatic heterocycles. The van der Waals surface area contributed by atoms with E-state index in [4.69, 9.17) is 0 Å². The van der Waals surface area contributed by atoms with Crippen molar-refractivity contribution in [1.82, 2.24) is 19.4 Å². The predicted molar refractivity (Wildman–Crippen MR) is 92.6 cm³/mol. The quantitative estimate of drug-likeness (QED) is 0.744. The van der Waals surface area contributed by atoms with Gasteiger partial charge in [0.25, 0.3) is 5.91 Å². The standard InChI is InChI=1S/C17H17F3N4OS/c1-10-8-13(11(2)24(10)16-21-5-7-26-16)15(25)22-14(17(18,19)20)12-4-6-23(3)9-12/h4-9,14H,1-3H3,(H,22,25). The second-order valence-corrected chi connectivity index (χ2v) is 6.87. The smallest absolute Gasteiger partial charge is 0.357 e. The zero-order valence-corrected chi connectivity index (χ0v) is 15.1. The fourth-order valence-corrected chi connectivity index (χ4v) is 3.62. The molecule has 1 amide bonds. The molecule has 1 N–H and O–H groups in total. The molecule has 0 aromatic carbocycles. The van der Waals surface area contributed by atoms with Gasteiger partial charge in [-0.15, -0.1) is 11.3 Å². The Labute approximate surface area is 152 Å². The van der Waals surface area contributed by atoms with E-state index in [0.717, 1.165) is 5.69 Å². The number of aromatic nitrogens is 3. The Balaban J connectivity index is 1.93. The molecule has 3 rings (SSSR count). The van der Waals surface area contributed by atoms with E-state index in [1.54, 1.807) is 43.1 Å². The van der Waals surface area contributed by atoms with Gasteiger partial charge in [0.05, 0.1) is 5.56 Å². The number of nitrogens with zero attached hydrogens (tertiary/aromatic N) is 3. The van der Waals surface area contributed by atoms with Crippen molar-refractivity contribution >= 4 is 17.2 Å². The first-order chi connectivity index (χ1) is 12.2. The van der Waals surface area contributed by atoms with E-state index < -0.39 is 18.1 Å². The molecule has 1 atom stereocenters. The van der Waals surface area contributed by atoms with Gasteiger partial charge in [-0.3, -0.25) is 9.36 Å². The summed E-state index contributed by atoms with van der Waals surface area (Å²) in [6, 6.07) is 0.848. The minimum atomic E-state index is -4.60. The molecule has 1 unspecified atom stereocenters. The number of halogens is 3. The van der Waals surface area contributed by atoms with Gasteiger partial charge in [-0.1, -0.05) is 0 Å². The Bertz CT molecular complexity index is 925. The minimum Gasteiger partial charge on any atom is -0.357 e. The van der Waals surface area contributed by atoms with Gasteiger partial charge in [-0.2, -0.15) is 13.2 Å². The Morgan fingerprint density at radius 3 is 2.62 bits per heavy atom. The third-order valence-corrected chi connectivity index (χ3v) is 4.83. The maximum absolute atomic E-state index is 13.5. The summed E-state index contributed by atoms with van der Waals surface area (Å²) >= 11 is 1.38. The van der Waals surface area contributed by atoms with Crippen LogP contribution in [-0.2, 0) is 7.05 Å². The average molecular weight is 382 g/mol. The number of hydrogen-bond donors (Lipinski definition) is 1. The van der Waals surface area contributed by atoms with Crippen molar-refractivity contribution in [2.45, 2.75) is 26.1 Å². The molecule has 0 spiro atoms. The van der Waals surface area contributed by atoms with Crippen LogP contribution in [0.15, 0.2) is 36.1 Å². The van der Waals surface area contributed by atoms with Gasteiger partial charge in [0, 0.05) is 48.0 Å². The summed E-state index contributed by atoms with van der Waals surface area (Å²) < 4.78 is 43.6. The van der Waals surface area contributed by atoms with E-state index >= 15 is 0 Å². The Morgan fingerprint density at radius 1 is 1.35 bits per heavy atom. The fraction of sp³-hybridized carbons (Fsp3) is 0.294. The first-order valence-corrected chi connectivity index (χ1v) is 8.64. The molecule has 0 saturated carbocycles. The summed E-state index contributed by atoms with van der Waals surface area (Å²) in [5.41, 5.74) is 1.46. The molecule has 0 fully saturated rings. The fourth-order valence-electron chi connectivity index (χ4n) is 2.87. The predicted octanol–water partition coefficient (Wildman–Crippen LogP) is 3.92. The molecule has 0 saturated heterocycles. The number of hydrogen-bond acceptors (Lipinski definition) is 3. The highest BCUT2D eigenvalue weighted by atomic mass is 32.1. The van der Waals surface area contributed by atoms with Crippen molar-refractivity contribution in [2.75, 3.05) is 0 Å². The zero-order chi connectivity index (χ0) is 19.1. The van der Waals surface area contributed by atoms with Crippen LogP contribution in [0.4, 0.5) is 13.2 Å². The van der Waals surface area contributed by atoms with Gasteiger partial charge in [0.1, 0.15) is 0 Å². The van der Waals surface area contributed by atoms with Gasteiger partial charge in [-0.05, 0) is 26.0 Å². The second-order valence-electron chi connectivity index (χ2n) is 5.99. The second kappa shape index (κ2) is 6.64. The molecule has 0 aliphatic heterocycles. The van der Waals surface area contributed by atoms with Crippen molar-refractivity contribution in [3.05, 3.63) is 58.6 Å². The van der Waals surface area contributed by atoms with Crippen molar-refractivity contribution in [3.63, 3.8) is 0 Å². The normalized spacial score (nSPS) is 13.0. The number of alkyl halides is 3. The number of nitrogens with one attached hydrogen (secondary N) is 1. The van der Waals surface area contributed by atoms with Crippen LogP contribution in [0.5, 0.6) is 0 Å². The molecule has 0 aliphatic carbocycles. The Kier molecular flexibility index (Phi) is 4.66. The highest BCUT2D eigenvalue weighted by Crippen LogP contribution is 2.33. The first-order valence-electron chi connectivity index (χ1n) is 7.76. The molecule has 0 radical (unpaired) electrons. The van der Waals surface area contributed by atoms with Crippen LogP contribution in [0, 0.1) is 13.8 Å². The SMILES string of the molecule is Cc1cc(C(=O)NC(c2ccn(C)c2)C(F)(F)F)c(C)n1-c1nccs1. The monoisotopic (exact) mass is 382 g/mol. The summed E-state index contributed by atoms with van der Waals surface area (Å²) in [6.07, 6.45) is -0.114. The van der Waals surface area contributed by atoms with Crippen molar-refractivity contribution in [2.24, 2.45) is 7.05 Å². The summed E-state index contributed by atoms with van der Waals surface area (Å²) in [5.74, 6) is -0.771. The molecule has 5 nitrogen and oxygen atoms in total. The summed E-state index contributed by atoms with van der Waals surface area (Å²) in [6.45, 7) is 3.47. The van der Waals surface area contributed by atoms with E-state index in [0.29, 0.717) is 10.8 Å². The molecule has 0 bridgehead atoms. The van der Waals surface area contributed by atoms with Crippen LogP contribution in [0.25, 0.3) is 5.13 Å². The highest BCUT2D eigenvalue weighted by Gasteiger charge is 2.42. The van der Waals surface area contributed by atoms with Crippen LogP contribution >= 0.6 is 11.3 Å². The van der Waals surface area contributed by atoms with Crippen LogP contribution in [0.1, 0.15) is 33.4 Å². The molecular weight excluding hydrogens is 365 g/mol. The molecule has 0 aliphatic rings. The lowest BCUT2D eigenvalue weighted by molar-refractivity contribution is -0.155. The third kappa shape index (κ3) is 3.39. The Hall–Kier alpha value is -2.55. The third-order valence-electron chi connectivity index (χ3n) is 4.08. The maximum atomic E-state index is 13.5. The van der Waals surface area contributed by atoms with E-state index in [1.165, 1.54) is 34.4 Å². The van der Waals surface area contributed by atoms with Crippen molar-refractivity contribution in [3.8, 4) is 5.13 Å². The van der Waals surface area contributed by atoms with Crippen LogP contribution in [-0.4, -0.2) is 26.2 Å². The molecule has 9 heteroatoms. The summed E-state index contributed by atoms with van der Waals surface area (Å²) in [5, 5.41) is 4.58.